The highest BCUT2D eigenvalue weighted by Crippen LogP contribution is 2.27. The molecule has 2 unspecified atom stereocenters. The fourth-order valence-electron chi connectivity index (χ4n) is 3.44. The number of nitrogens with zero attached hydrogens (tertiary/aromatic N) is 2. The number of carbonyl (C=O) groups excluding carboxylic acids is 2. The van der Waals surface area contributed by atoms with Gasteiger partial charge >= 0.3 is 0 Å². The van der Waals surface area contributed by atoms with Crippen LogP contribution in [-0.2, 0) is 9.59 Å². The molecule has 0 aromatic rings. The number of nitrogens with two attached hydrogens (primary N) is 1. The molecule has 0 aliphatic carbocycles. The van der Waals surface area contributed by atoms with Gasteiger partial charge in [-0.1, -0.05) is 20.8 Å². The Labute approximate surface area is 140 Å². The molecule has 0 bridgehead atoms. The molecule has 5 nitrogen and oxygen atoms in total. The molecule has 2 N–H and O–H groups in total. The van der Waals surface area contributed by atoms with E-state index in [4.69, 9.17) is 5.73 Å². The Morgan fingerprint density at radius 1 is 1.14 bits per heavy atom. The van der Waals surface area contributed by atoms with Gasteiger partial charge in [0, 0.05) is 37.6 Å². The van der Waals surface area contributed by atoms with Crippen LogP contribution in [0.3, 0.4) is 0 Å². The summed E-state index contributed by atoms with van der Waals surface area (Å²) in [6, 6.07) is 0.200. The highest BCUT2D eigenvalue weighted by atomic mass is 35.5. The largest absolute Gasteiger partial charge is 0.341 e. The molecule has 6 heteroatoms. The normalized spacial score (nSPS) is 25.8. The first-order valence-electron chi connectivity index (χ1n) is 8.14. The number of rotatable bonds is 2. The fourth-order valence-corrected chi connectivity index (χ4v) is 3.44. The first-order valence-corrected chi connectivity index (χ1v) is 8.14. The van der Waals surface area contributed by atoms with Crippen molar-refractivity contribution in [3.05, 3.63) is 0 Å². The third-order valence-electron chi connectivity index (χ3n) is 4.63. The van der Waals surface area contributed by atoms with Crippen molar-refractivity contribution >= 4 is 24.2 Å². The van der Waals surface area contributed by atoms with Crippen LogP contribution in [0.2, 0.25) is 0 Å². The van der Waals surface area contributed by atoms with Crippen LogP contribution in [0.5, 0.6) is 0 Å². The second kappa shape index (κ2) is 7.64. The monoisotopic (exact) mass is 331 g/mol. The van der Waals surface area contributed by atoms with Gasteiger partial charge in [-0.2, -0.15) is 0 Å². The number of hydrogen-bond donors (Lipinski definition) is 1. The van der Waals surface area contributed by atoms with Gasteiger partial charge in [-0.15, -0.1) is 12.4 Å². The minimum absolute atomic E-state index is 0. The van der Waals surface area contributed by atoms with Crippen molar-refractivity contribution in [2.45, 2.75) is 52.5 Å². The van der Waals surface area contributed by atoms with Crippen LogP contribution < -0.4 is 5.73 Å². The van der Waals surface area contributed by atoms with Crippen LogP contribution in [0.25, 0.3) is 0 Å². The Kier molecular flexibility index (Phi) is 6.68. The maximum atomic E-state index is 12.7. The lowest BCUT2D eigenvalue weighted by atomic mass is 9.90. The summed E-state index contributed by atoms with van der Waals surface area (Å²) in [6.45, 7) is 8.53. The first-order chi connectivity index (χ1) is 9.84. The summed E-state index contributed by atoms with van der Waals surface area (Å²) < 4.78 is 0. The summed E-state index contributed by atoms with van der Waals surface area (Å²) in [5.74, 6) is 0.309. The Morgan fingerprint density at radius 3 is 2.36 bits per heavy atom. The van der Waals surface area contributed by atoms with Crippen LogP contribution in [0, 0.1) is 11.3 Å². The molecule has 2 amide bonds. The molecule has 2 heterocycles. The van der Waals surface area contributed by atoms with Crippen molar-refractivity contribution in [3.63, 3.8) is 0 Å². The topological polar surface area (TPSA) is 66.6 Å². The lowest BCUT2D eigenvalue weighted by Crippen LogP contribution is -2.51. The van der Waals surface area contributed by atoms with Gasteiger partial charge in [-0.05, 0) is 25.7 Å². The molecule has 0 saturated carbocycles. The highest BCUT2D eigenvalue weighted by Gasteiger charge is 2.37. The molecule has 2 rings (SSSR count). The van der Waals surface area contributed by atoms with Crippen LogP contribution >= 0.6 is 12.4 Å². The molecule has 22 heavy (non-hydrogen) atoms. The predicted molar refractivity (Wildman–Crippen MR) is 89.8 cm³/mol. The van der Waals surface area contributed by atoms with E-state index in [1.807, 2.05) is 30.6 Å². The Morgan fingerprint density at radius 2 is 1.77 bits per heavy atom. The van der Waals surface area contributed by atoms with Gasteiger partial charge in [-0.3, -0.25) is 9.59 Å². The fraction of sp³-hybridized carbons (Fsp3) is 0.875. The quantitative estimate of drug-likeness (QED) is 0.836. The lowest BCUT2D eigenvalue weighted by molar-refractivity contribution is -0.145. The van der Waals surface area contributed by atoms with E-state index in [-0.39, 0.29) is 41.6 Å². The maximum Gasteiger partial charge on any atom is 0.227 e. The molecule has 0 spiro atoms. The van der Waals surface area contributed by atoms with Gasteiger partial charge < -0.3 is 15.5 Å². The lowest BCUT2D eigenvalue weighted by Gasteiger charge is -2.38. The van der Waals surface area contributed by atoms with Crippen LogP contribution in [-0.4, -0.2) is 53.8 Å². The molecule has 2 saturated heterocycles. The standard InChI is InChI=1S/C16H29N3O2.ClH/c1-16(2,3)15(21)18-8-4-6-12(11-18)14(20)19-9-5-7-13(19)10-17;/h12-13H,4-11,17H2,1-3H3;1H. The Balaban J connectivity index is 0.00000242. The third kappa shape index (κ3) is 4.13. The summed E-state index contributed by atoms with van der Waals surface area (Å²) in [4.78, 5) is 29.0. The number of piperidine rings is 1. The number of hydrogen-bond acceptors (Lipinski definition) is 3. The van der Waals surface area contributed by atoms with E-state index >= 15 is 0 Å². The van der Waals surface area contributed by atoms with Gasteiger partial charge in [0.15, 0.2) is 0 Å². The van der Waals surface area contributed by atoms with Crippen molar-refractivity contribution in [2.75, 3.05) is 26.2 Å². The van der Waals surface area contributed by atoms with Crippen LogP contribution in [0.1, 0.15) is 46.5 Å². The second-order valence-corrected chi connectivity index (χ2v) is 7.40. The van der Waals surface area contributed by atoms with E-state index in [0.717, 1.165) is 38.8 Å². The zero-order chi connectivity index (χ0) is 15.6. The highest BCUT2D eigenvalue weighted by molar-refractivity contribution is 5.85. The zero-order valence-corrected chi connectivity index (χ0v) is 14.8. The minimum atomic E-state index is -0.377. The Hall–Kier alpha value is -0.810. The SMILES string of the molecule is CC(C)(C)C(=O)N1CCCC(C(=O)N2CCCC2CN)C1.Cl. The molecule has 2 aliphatic heterocycles. The smallest absolute Gasteiger partial charge is 0.227 e. The van der Waals surface area contributed by atoms with E-state index in [1.165, 1.54) is 0 Å². The number of amides is 2. The van der Waals surface area contributed by atoms with Crippen LogP contribution in [0.15, 0.2) is 0 Å². The average Bonchev–Trinajstić information content (AvgIpc) is 2.93. The van der Waals surface area contributed by atoms with Crippen molar-refractivity contribution < 1.29 is 9.59 Å². The molecule has 0 radical (unpaired) electrons. The van der Waals surface area contributed by atoms with Crippen molar-refractivity contribution in [2.24, 2.45) is 17.1 Å². The predicted octanol–water partition coefficient (Wildman–Crippen LogP) is 1.64. The van der Waals surface area contributed by atoms with Crippen LogP contribution in [0.4, 0.5) is 0 Å². The first kappa shape index (κ1) is 19.2. The van der Waals surface area contributed by atoms with Gasteiger partial charge in [0.05, 0.1) is 5.92 Å². The number of halogens is 1. The molecule has 2 fully saturated rings. The summed E-state index contributed by atoms with van der Waals surface area (Å²) in [5.41, 5.74) is 5.39. The van der Waals surface area contributed by atoms with Crippen molar-refractivity contribution in [3.8, 4) is 0 Å². The summed E-state index contributed by atoms with van der Waals surface area (Å²) in [5, 5.41) is 0. The summed E-state index contributed by atoms with van der Waals surface area (Å²) in [7, 11) is 0. The average molecular weight is 332 g/mol. The molecule has 2 aliphatic rings. The summed E-state index contributed by atoms with van der Waals surface area (Å²) >= 11 is 0. The molecule has 128 valence electrons. The van der Waals surface area contributed by atoms with E-state index in [9.17, 15) is 9.59 Å². The van der Waals surface area contributed by atoms with Gasteiger partial charge in [-0.25, -0.2) is 0 Å². The van der Waals surface area contributed by atoms with E-state index in [0.29, 0.717) is 13.1 Å². The molecular weight excluding hydrogens is 302 g/mol. The number of carbonyl (C=O) groups is 2. The molecule has 0 aromatic carbocycles. The van der Waals surface area contributed by atoms with Gasteiger partial charge in [0.1, 0.15) is 0 Å². The van der Waals surface area contributed by atoms with E-state index < -0.39 is 0 Å². The van der Waals surface area contributed by atoms with Crippen molar-refractivity contribution in [1.82, 2.24) is 9.80 Å². The minimum Gasteiger partial charge on any atom is -0.341 e. The molecule has 2 atom stereocenters. The molecule has 0 aromatic heterocycles. The van der Waals surface area contributed by atoms with Gasteiger partial charge in [0.25, 0.3) is 0 Å². The Bertz CT molecular complexity index is 409. The third-order valence-corrected chi connectivity index (χ3v) is 4.63. The van der Waals surface area contributed by atoms with Crippen molar-refractivity contribution in [1.29, 1.82) is 0 Å². The second-order valence-electron chi connectivity index (χ2n) is 7.40. The van der Waals surface area contributed by atoms with E-state index in [1.54, 1.807) is 0 Å². The zero-order valence-electron chi connectivity index (χ0n) is 14.0. The summed E-state index contributed by atoms with van der Waals surface area (Å²) in [6.07, 6.45) is 3.87. The number of likely N-dealkylation sites (tertiary alicyclic amines) is 2. The van der Waals surface area contributed by atoms with Gasteiger partial charge in [0.2, 0.25) is 11.8 Å². The van der Waals surface area contributed by atoms with E-state index in [2.05, 4.69) is 0 Å². The molecular formula is C16H30ClN3O2. The maximum absolute atomic E-state index is 12.7.